The summed E-state index contributed by atoms with van der Waals surface area (Å²) < 4.78 is 5.63. The molecule has 2 rings (SSSR count). The predicted molar refractivity (Wildman–Crippen MR) is 75.1 cm³/mol. The molecule has 0 spiro atoms. The summed E-state index contributed by atoms with van der Waals surface area (Å²) in [6.45, 7) is 5.44. The van der Waals surface area contributed by atoms with Gasteiger partial charge in [-0.3, -0.25) is 4.79 Å². The van der Waals surface area contributed by atoms with E-state index in [-0.39, 0.29) is 18.1 Å². The van der Waals surface area contributed by atoms with Crippen LogP contribution < -0.4 is 10.5 Å². The molecule has 104 valence electrons. The Balaban J connectivity index is 1.96. The number of rotatable bonds is 4. The maximum absolute atomic E-state index is 12.1. The molecule has 1 saturated heterocycles. The Bertz CT molecular complexity index is 446. The normalized spacial score (nSPS) is 18.9. The van der Waals surface area contributed by atoms with Gasteiger partial charge in [0.2, 0.25) is 5.91 Å². The van der Waals surface area contributed by atoms with E-state index in [1.54, 1.807) is 0 Å². The fourth-order valence-corrected chi connectivity index (χ4v) is 2.30. The SMILES string of the molecule is CC(C)Oc1cccc(CC(=O)N2CC[C@H](N)C2)c1. The number of carbonyl (C=O) groups excluding carboxylic acids is 1. The van der Waals surface area contributed by atoms with Crippen molar-refractivity contribution in [3.63, 3.8) is 0 Å². The second-order valence-electron chi connectivity index (χ2n) is 5.38. The molecule has 1 heterocycles. The van der Waals surface area contributed by atoms with Gasteiger partial charge in [-0.15, -0.1) is 0 Å². The zero-order valence-corrected chi connectivity index (χ0v) is 11.6. The largest absolute Gasteiger partial charge is 0.491 e. The summed E-state index contributed by atoms with van der Waals surface area (Å²) in [7, 11) is 0. The highest BCUT2D eigenvalue weighted by atomic mass is 16.5. The predicted octanol–water partition coefficient (Wildman–Crippen LogP) is 1.58. The minimum atomic E-state index is 0.138. The molecule has 1 amide bonds. The molecule has 1 aliphatic heterocycles. The van der Waals surface area contributed by atoms with Gasteiger partial charge in [0.15, 0.2) is 0 Å². The van der Waals surface area contributed by atoms with Crippen LogP contribution in [0.15, 0.2) is 24.3 Å². The van der Waals surface area contributed by atoms with Crippen LogP contribution in [0.5, 0.6) is 5.75 Å². The molecule has 2 N–H and O–H groups in total. The Morgan fingerprint density at radius 2 is 2.32 bits per heavy atom. The molecular weight excluding hydrogens is 240 g/mol. The van der Waals surface area contributed by atoms with Crippen molar-refractivity contribution >= 4 is 5.91 Å². The second kappa shape index (κ2) is 6.06. The molecule has 0 bridgehead atoms. The van der Waals surface area contributed by atoms with E-state index in [0.29, 0.717) is 13.0 Å². The number of benzene rings is 1. The van der Waals surface area contributed by atoms with Gasteiger partial charge >= 0.3 is 0 Å². The van der Waals surface area contributed by atoms with Crippen molar-refractivity contribution in [3.05, 3.63) is 29.8 Å². The lowest BCUT2D eigenvalue weighted by Gasteiger charge is -2.16. The van der Waals surface area contributed by atoms with E-state index in [9.17, 15) is 4.79 Å². The van der Waals surface area contributed by atoms with Crippen LogP contribution in [0.1, 0.15) is 25.8 Å². The van der Waals surface area contributed by atoms with E-state index >= 15 is 0 Å². The van der Waals surface area contributed by atoms with Gasteiger partial charge in [-0.1, -0.05) is 12.1 Å². The third-order valence-corrected chi connectivity index (χ3v) is 3.20. The van der Waals surface area contributed by atoms with Crippen molar-refractivity contribution in [1.82, 2.24) is 4.90 Å². The lowest BCUT2D eigenvalue weighted by Crippen LogP contribution is -2.32. The lowest BCUT2D eigenvalue weighted by atomic mass is 10.1. The van der Waals surface area contributed by atoms with Crippen molar-refractivity contribution in [2.75, 3.05) is 13.1 Å². The molecule has 4 heteroatoms. The van der Waals surface area contributed by atoms with Gasteiger partial charge in [-0.05, 0) is 38.0 Å². The average molecular weight is 262 g/mol. The molecule has 1 aliphatic rings. The number of ether oxygens (including phenoxy) is 1. The van der Waals surface area contributed by atoms with Crippen LogP contribution >= 0.6 is 0 Å². The van der Waals surface area contributed by atoms with Gasteiger partial charge in [0.05, 0.1) is 12.5 Å². The Morgan fingerprint density at radius 1 is 1.53 bits per heavy atom. The highest BCUT2D eigenvalue weighted by Crippen LogP contribution is 2.17. The van der Waals surface area contributed by atoms with E-state index in [1.165, 1.54) is 0 Å². The molecule has 0 radical (unpaired) electrons. The molecular formula is C15H22N2O2. The first-order chi connectivity index (χ1) is 9.04. The Morgan fingerprint density at radius 3 is 2.95 bits per heavy atom. The molecule has 19 heavy (non-hydrogen) atoms. The average Bonchev–Trinajstić information content (AvgIpc) is 2.75. The summed E-state index contributed by atoms with van der Waals surface area (Å²) in [6, 6.07) is 7.88. The van der Waals surface area contributed by atoms with Crippen LogP contribution in [-0.2, 0) is 11.2 Å². The van der Waals surface area contributed by atoms with Crippen LogP contribution in [0.25, 0.3) is 0 Å². The van der Waals surface area contributed by atoms with Crippen molar-refractivity contribution in [3.8, 4) is 5.75 Å². The number of carbonyl (C=O) groups is 1. The number of nitrogens with two attached hydrogens (primary N) is 1. The van der Waals surface area contributed by atoms with Crippen LogP contribution in [0.2, 0.25) is 0 Å². The zero-order chi connectivity index (χ0) is 13.8. The van der Waals surface area contributed by atoms with Crippen molar-refractivity contribution in [2.24, 2.45) is 5.73 Å². The lowest BCUT2D eigenvalue weighted by molar-refractivity contribution is -0.129. The molecule has 0 unspecified atom stereocenters. The van der Waals surface area contributed by atoms with Gasteiger partial charge in [0.25, 0.3) is 0 Å². The number of hydrogen-bond acceptors (Lipinski definition) is 3. The molecule has 1 aromatic rings. The maximum Gasteiger partial charge on any atom is 0.227 e. The van der Waals surface area contributed by atoms with E-state index in [1.807, 2.05) is 43.0 Å². The first-order valence-corrected chi connectivity index (χ1v) is 6.83. The third-order valence-electron chi connectivity index (χ3n) is 3.20. The summed E-state index contributed by atoms with van der Waals surface area (Å²) >= 11 is 0. The standard InChI is InChI=1S/C15H22N2O2/c1-11(2)19-14-5-3-4-12(8-14)9-15(18)17-7-6-13(16)10-17/h3-5,8,11,13H,6-7,9-10,16H2,1-2H3/t13-/m0/s1. The third kappa shape index (κ3) is 3.96. The Labute approximate surface area is 114 Å². The van der Waals surface area contributed by atoms with Crippen LogP contribution in [0.3, 0.4) is 0 Å². The van der Waals surface area contributed by atoms with Crippen LogP contribution in [0, 0.1) is 0 Å². The molecule has 1 fully saturated rings. The second-order valence-corrected chi connectivity index (χ2v) is 5.38. The van der Waals surface area contributed by atoms with Crippen molar-refractivity contribution < 1.29 is 9.53 Å². The minimum absolute atomic E-state index is 0.138. The number of amides is 1. The Hall–Kier alpha value is -1.55. The smallest absolute Gasteiger partial charge is 0.227 e. The molecule has 0 aromatic heterocycles. The highest BCUT2D eigenvalue weighted by Gasteiger charge is 2.23. The summed E-state index contributed by atoms with van der Waals surface area (Å²) in [4.78, 5) is 14.0. The van der Waals surface area contributed by atoms with Gasteiger partial charge in [-0.25, -0.2) is 0 Å². The van der Waals surface area contributed by atoms with Gasteiger partial charge in [0, 0.05) is 19.1 Å². The summed E-state index contributed by atoms with van der Waals surface area (Å²) in [5.41, 5.74) is 6.81. The molecule has 4 nitrogen and oxygen atoms in total. The monoisotopic (exact) mass is 262 g/mol. The maximum atomic E-state index is 12.1. The number of nitrogens with zero attached hydrogens (tertiary/aromatic N) is 1. The summed E-state index contributed by atoms with van der Waals surface area (Å²) in [5.74, 6) is 0.966. The first-order valence-electron chi connectivity index (χ1n) is 6.83. The zero-order valence-electron chi connectivity index (χ0n) is 11.6. The summed E-state index contributed by atoms with van der Waals surface area (Å²) in [6.07, 6.45) is 1.46. The number of likely N-dealkylation sites (tertiary alicyclic amines) is 1. The van der Waals surface area contributed by atoms with Gasteiger partial charge in [-0.2, -0.15) is 0 Å². The first kappa shape index (κ1) is 13.9. The van der Waals surface area contributed by atoms with Gasteiger partial charge in [0.1, 0.15) is 5.75 Å². The minimum Gasteiger partial charge on any atom is -0.491 e. The molecule has 0 saturated carbocycles. The fraction of sp³-hybridized carbons (Fsp3) is 0.533. The molecule has 1 aromatic carbocycles. The Kier molecular flexibility index (Phi) is 4.43. The molecule has 1 atom stereocenters. The number of hydrogen-bond donors (Lipinski definition) is 1. The van der Waals surface area contributed by atoms with Crippen LogP contribution in [0.4, 0.5) is 0 Å². The molecule has 0 aliphatic carbocycles. The van der Waals surface area contributed by atoms with Crippen molar-refractivity contribution in [2.45, 2.75) is 38.8 Å². The highest BCUT2D eigenvalue weighted by molar-refractivity contribution is 5.79. The topological polar surface area (TPSA) is 55.6 Å². The quantitative estimate of drug-likeness (QED) is 0.896. The summed E-state index contributed by atoms with van der Waals surface area (Å²) in [5, 5.41) is 0. The van der Waals surface area contributed by atoms with Crippen molar-refractivity contribution in [1.29, 1.82) is 0 Å². The van der Waals surface area contributed by atoms with Gasteiger partial charge < -0.3 is 15.4 Å². The van der Waals surface area contributed by atoms with E-state index in [0.717, 1.165) is 24.3 Å². The van der Waals surface area contributed by atoms with Crippen LogP contribution in [-0.4, -0.2) is 36.0 Å². The van der Waals surface area contributed by atoms with E-state index in [4.69, 9.17) is 10.5 Å². The van der Waals surface area contributed by atoms with E-state index in [2.05, 4.69) is 0 Å². The fourth-order valence-electron chi connectivity index (χ4n) is 2.30. The van der Waals surface area contributed by atoms with E-state index < -0.39 is 0 Å².